The molecule has 0 amide bonds. The van der Waals surface area contributed by atoms with E-state index in [0.29, 0.717) is 17.4 Å². The van der Waals surface area contributed by atoms with Crippen LogP contribution < -0.4 is 9.47 Å². The number of methoxy groups -OCH3 is 1. The zero-order chi connectivity index (χ0) is 25.5. The van der Waals surface area contributed by atoms with Gasteiger partial charge in [-0.1, -0.05) is 24.3 Å². The Bertz CT molecular complexity index is 1340. The molecule has 1 aromatic heterocycles. The number of benzene rings is 3. The Morgan fingerprint density at radius 3 is 2.42 bits per heavy atom. The maximum atomic E-state index is 14.5. The molecule has 1 atom stereocenters. The van der Waals surface area contributed by atoms with Crippen LogP contribution >= 0.6 is 0 Å². The monoisotopic (exact) mass is 491 g/mol. The van der Waals surface area contributed by atoms with Crippen LogP contribution in [0, 0.1) is 11.6 Å². The third-order valence-corrected chi connectivity index (χ3v) is 5.48. The molecule has 0 aliphatic heterocycles. The van der Waals surface area contributed by atoms with Gasteiger partial charge in [-0.15, -0.1) is 0 Å². The van der Waals surface area contributed by atoms with Crippen molar-refractivity contribution in [2.24, 2.45) is 0 Å². The first kappa shape index (κ1) is 24.7. The van der Waals surface area contributed by atoms with Crippen LogP contribution in [-0.2, 0) is 12.1 Å². The number of rotatable bonds is 10. The molecular weight excluding hydrogens is 468 g/mol. The van der Waals surface area contributed by atoms with E-state index in [4.69, 9.17) is 9.47 Å². The maximum absolute atomic E-state index is 14.5. The van der Waals surface area contributed by atoms with Crippen LogP contribution in [0.2, 0.25) is 0 Å². The van der Waals surface area contributed by atoms with Gasteiger partial charge in [0.25, 0.3) is 0 Å². The first-order valence-corrected chi connectivity index (χ1v) is 11.0. The van der Waals surface area contributed by atoms with Gasteiger partial charge in [0.1, 0.15) is 48.0 Å². The van der Waals surface area contributed by atoms with Gasteiger partial charge < -0.3 is 14.6 Å². The summed E-state index contributed by atoms with van der Waals surface area (Å²) in [6.07, 6.45) is 5.81. The second-order valence-corrected chi connectivity index (χ2v) is 8.03. The van der Waals surface area contributed by atoms with Crippen molar-refractivity contribution in [3.63, 3.8) is 0 Å². The predicted molar refractivity (Wildman–Crippen MR) is 129 cm³/mol. The summed E-state index contributed by atoms with van der Waals surface area (Å²) in [6, 6.07) is 16.5. The number of nitrogens with zero attached hydrogens (tertiary/aromatic N) is 3. The fraction of sp³-hybridized carbons (Fsp3) is 0.148. The van der Waals surface area contributed by atoms with E-state index in [2.05, 4.69) is 10.1 Å². The van der Waals surface area contributed by atoms with Gasteiger partial charge in [0.15, 0.2) is 5.78 Å². The molecule has 7 nitrogen and oxygen atoms in total. The molecule has 184 valence electrons. The van der Waals surface area contributed by atoms with Crippen molar-refractivity contribution in [1.29, 1.82) is 0 Å². The molecule has 36 heavy (non-hydrogen) atoms. The van der Waals surface area contributed by atoms with E-state index in [1.54, 1.807) is 49.6 Å². The van der Waals surface area contributed by atoms with E-state index in [0.717, 1.165) is 17.4 Å². The van der Waals surface area contributed by atoms with Gasteiger partial charge in [0.2, 0.25) is 0 Å². The van der Waals surface area contributed by atoms with Crippen molar-refractivity contribution in [3.8, 4) is 11.5 Å². The highest BCUT2D eigenvalue weighted by molar-refractivity contribution is 6.06. The van der Waals surface area contributed by atoms with Crippen molar-refractivity contribution >= 4 is 11.9 Å². The SMILES string of the molecule is COc1ccc(C=CC(=O)c2ccc(OC[C@@](O)(Cn3cncn3)c3ccc(F)cc3F)cc2)cc1. The summed E-state index contributed by atoms with van der Waals surface area (Å²) in [5.41, 5.74) is -0.727. The van der Waals surface area contributed by atoms with Crippen LogP contribution in [0.15, 0.2) is 85.5 Å². The number of halogens is 2. The van der Waals surface area contributed by atoms with E-state index < -0.39 is 17.2 Å². The number of hydrogen-bond donors (Lipinski definition) is 1. The Kier molecular flexibility index (Phi) is 7.50. The van der Waals surface area contributed by atoms with Gasteiger partial charge in [-0.2, -0.15) is 5.10 Å². The number of ketones is 1. The summed E-state index contributed by atoms with van der Waals surface area (Å²) in [5.74, 6) is -0.796. The highest BCUT2D eigenvalue weighted by Gasteiger charge is 2.34. The maximum Gasteiger partial charge on any atom is 0.185 e. The zero-order valence-corrected chi connectivity index (χ0v) is 19.3. The number of hydrogen-bond acceptors (Lipinski definition) is 6. The Morgan fingerprint density at radius 1 is 1.06 bits per heavy atom. The Hall–Kier alpha value is -4.37. The largest absolute Gasteiger partial charge is 0.497 e. The zero-order valence-electron chi connectivity index (χ0n) is 19.3. The van der Waals surface area contributed by atoms with Crippen LogP contribution in [0.25, 0.3) is 6.08 Å². The van der Waals surface area contributed by atoms with Crippen molar-refractivity contribution in [3.05, 3.63) is 114 Å². The minimum absolute atomic E-state index is 0.144. The molecule has 0 unspecified atom stereocenters. The molecular formula is C27H23F2N3O4. The fourth-order valence-corrected chi connectivity index (χ4v) is 3.56. The number of carbonyl (C=O) groups is 1. The molecule has 9 heteroatoms. The highest BCUT2D eigenvalue weighted by Crippen LogP contribution is 2.28. The van der Waals surface area contributed by atoms with Gasteiger partial charge in [-0.05, 0) is 54.1 Å². The molecule has 0 aliphatic carbocycles. The Morgan fingerprint density at radius 2 is 1.78 bits per heavy atom. The van der Waals surface area contributed by atoms with Crippen LogP contribution in [0.1, 0.15) is 21.5 Å². The highest BCUT2D eigenvalue weighted by atomic mass is 19.1. The van der Waals surface area contributed by atoms with Crippen molar-refractivity contribution < 1.29 is 28.2 Å². The van der Waals surface area contributed by atoms with Gasteiger partial charge in [0, 0.05) is 17.2 Å². The van der Waals surface area contributed by atoms with Crippen LogP contribution in [0.3, 0.4) is 0 Å². The van der Waals surface area contributed by atoms with Crippen LogP contribution in [0.5, 0.6) is 11.5 Å². The van der Waals surface area contributed by atoms with E-state index in [-0.39, 0.29) is 24.5 Å². The van der Waals surface area contributed by atoms with Gasteiger partial charge in [-0.3, -0.25) is 4.79 Å². The van der Waals surface area contributed by atoms with Crippen LogP contribution in [0.4, 0.5) is 8.78 Å². The van der Waals surface area contributed by atoms with Gasteiger partial charge >= 0.3 is 0 Å². The Labute approximate surface area is 206 Å². The average molecular weight is 491 g/mol. The van der Waals surface area contributed by atoms with Crippen LogP contribution in [-0.4, -0.2) is 39.4 Å². The van der Waals surface area contributed by atoms with Gasteiger partial charge in [-0.25, -0.2) is 18.4 Å². The second-order valence-electron chi connectivity index (χ2n) is 8.03. The van der Waals surface area contributed by atoms with E-state index in [1.165, 1.54) is 29.5 Å². The molecule has 0 saturated heterocycles. The van der Waals surface area contributed by atoms with E-state index >= 15 is 0 Å². The lowest BCUT2D eigenvalue weighted by Gasteiger charge is -2.29. The summed E-state index contributed by atoms with van der Waals surface area (Å²) >= 11 is 0. The number of allylic oxidation sites excluding steroid dienone is 1. The summed E-state index contributed by atoms with van der Waals surface area (Å²) in [4.78, 5) is 16.3. The molecule has 4 rings (SSSR count). The minimum Gasteiger partial charge on any atom is -0.497 e. The van der Waals surface area contributed by atoms with Crippen molar-refractivity contribution in [1.82, 2.24) is 14.8 Å². The number of aliphatic hydroxyl groups is 1. The summed E-state index contributed by atoms with van der Waals surface area (Å²) in [6.45, 7) is -0.539. The first-order valence-electron chi connectivity index (χ1n) is 11.0. The summed E-state index contributed by atoms with van der Waals surface area (Å²) < 4.78 is 40.1. The molecule has 0 bridgehead atoms. The third kappa shape index (κ3) is 6.00. The first-order chi connectivity index (χ1) is 17.4. The quantitative estimate of drug-likeness (QED) is 0.261. The average Bonchev–Trinajstić information content (AvgIpc) is 3.39. The molecule has 3 aromatic carbocycles. The number of ether oxygens (including phenoxy) is 2. The molecule has 0 aliphatic rings. The van der Waals surface area contributed by atoms with Crippen molar-refractivity contribution in [2.75, 3.05) is 13.7 Å². The van der Waals surface area contributed by atoms with E-state index in [1.807, 2.05) is 12.1 Å². The lowest BCUT2D eigenvalue weighted by Crippen LogP contribution is -2.39. The molecule has 0 saturated carbocycles. The normalized spacial score (nSPS) is 12.9. The molecule has 0 fully saturated rings. The fourth-order valence-electron chi connectivity index (χ4n) is 3.56. The smallest absolute Gasteiger partial charge is 0.185 e. The van der Waals surface area contributed by atoms with Gasteiger partial charge in [0.05, 0.1) is 13.7 Å². The summed E-state index contributed by atoms with van der Waals surface area (Å²) in [5, 5.41) is 15.2. The lowest BCUT2D eigenvalue weighted by atomic mass is 9.94. The number of carbonyl (C=O) groups excluding carboxylic acids is 1. The molecule has 0 spiro atoms. The van der Waals surface area contributed by atoms with E-state index in [9.17, 15) is 18.7 Å². The molecule has 1 N–H and O–H groups in total. The number of aromatic nitrogens is 3. The topological polar surface area (TPSA) is 86.5 Å². The lowest BCUT2D eigenvalue weighted by molar-refractivity contribution is -0.0297. The predicted octanol–water partition coefficient (Wildman–Crippen LogP) is 4.43. The second kappa shape index (κ2) is 10.9. The standard InChI is InChI=1S/C27H23F2N3O4/c1-35-22-8-2-19(3-9-22)4-13-26(33)20-5-10-23(11-6-20)36-16-27(34,15-32-18-30-17-31-32)24-12-7-21(28)14-25(24)29/h2-14,17-18,34H,15-16H2,1H3/t27-/m0/s1. The molecule has 4 aromatic rings. The minimum atomic E-state index is -1.87. The third-order valence-electron chi connectivity index (χ3n) is 5.48. The Balaban J connectivity index is 1.45. The van der Waals surface area contributed by atoms with Crippen molar-refractivity contribution in [2.45, 2.75) is 12.1 Å². The molecule has 0 radical (unpaired) electrons. The summed E-state index contributed by atoms with van der Waals surface area (Å²) in [7, 11) is 1.58. The molecule has 1 heterocycles.